The molecule has 1 amide bonds. The number of Topliss-reactive ketones (excluding diaryl/α,β-unsaturated/α-hetero) is 1. The lowest BCUT2D eigenvalue weighted by Crippen LogP contribution is -2.51. The van der Waals surface area contributed by atoms with Crippen LogP contribution in [0, 0.1) is 157 Å². The summed E-state index contributed by atoms with van der Waals surface area (Å²) >= 11 is 0. The Bertz CT molecular complexity index is 6370. The van der Waals surface area contributed by atoms with Crippen molar-refractivity contribution in [2.75, 3.05) is 45.9 Å². The lowest BCUT2D eigenvalue weighted by molar-refractivity contribution is -0.156. The Labute approximate surface area is 767 Å². The first-order valence-electron chi connectivity index (χ1n) is 39.6. The molecule has 31 heteroatoms. The van der Waals surface area contributed by atoms with Gasteiger partial charge >= 0.3 is 19.5 Å². The first-order chi connectivity index (χ1) is 59.9. The van der Waals surface area contributed by atoms with Gasteiger partial charge in [0.2, 0.25) is 18.4 Å². The molecule has 28 nitrogen and oxygen atoms in total. The van der Waals surface area contributed by atoms with Gasteiger partial charge in [0.15, 0.2) is 46.4 Å². The van der Waals surface area contributed by atoms with Crippen LogP contribution in [-0.4, -0.2) is 146 Å². The van der Waals surface area contributed by atoms with E-state index in [-0.39, 0.29) is 72.0 Å². The molecule has 126 heavy (non-hydrogen) atoms. The number of phosphoric acid groups is 1. The van der Waals surface area contributed by atoms with Gasteiger partial charge in [-0.1, -0.05) is 110 Å². The van der Waals surface area contributed by atoms with Crippen LogP contribution in [0.25, 0.3) is 16.0 Å². The minimum atomic E-state index is -5.38. The number of rotatable bonds is 30. The molecular weight excluding hydrogens is 1660 g/mol. The Hall–Kier alpha value is -13.4. The topological polar surface area (TPSA) is 320 Å². The lowest BCUT2D eigenvalue weighted by atomic mass is 9.80. The highest BCUT2D eigenvalue weighted by atomic mass is 31.2. The summed E-state index contributed by atoms with van der Waals surface area (Å²) in [6, 6.07) is 27.5. The molecule has 9 atom stereocenters. The maximum absolute atomic E-state index is 16.8. The van der Waals surface area contributed by atoms with Gasteiger partial charge < -0.3 is 51.6 Å². The number of methoxy groups -OCH3 is 2. The van der Waals surface area contributed by atoms with Crippen molar-refractivity contribution in [3.05, 3.63) is 186 Å². The summed E-state index contributed by atoms with van der Waals surface area (Å²) in [4.78, 5) is 114. The summed E-state index contributed by atoms with van der Waals surface area (Å²) in [7, 11) is -8.70. The van der Waals surface area contributed by atoms with Crippen LogP contribution in [0.5, 0.6) is 17.2 Å². The number of ether oxygens (including phenoxy) is 7. The van der Waals surface area contributed by atoms with E-state index in [1.165, 1.54) is 30.0 Å². The van der Waals surface area contributed by atoms with Gasteiger partial charge in [0.25, 0.3) is 17.0 Å². The molecule has 0 spiro atoms. The number of terminal acetylenes is 1. The fraction of sp³-hybridized carbons (Fsp3) is 0.368. The maximum Gasteiger partial charge on any atom is 0.475 e. The summed E-state index contributed by atoms with van der Waals surface area (Å²) < 4.78 is 99.3. The van der Waals surface area contributed by atoms with E-state index in [2.05, 4.69) is 145 Å². The number of nitrogens with one attached hydrogen (secondary N) is 2. The van der Waals surface area contributed by atoms with Gasteiger partial charge in [-0.25, -0.2) is 20.9 Å². The van der Waals surface area contributed by atoms with E-state index >= 15 is 14.2 Å². The summed E-state index contributed by atoms with van der Waals surface area (Å²) in [5, 5.41) is 1.44. The number of fused-ring (bicyclic) bond motifs is 1. The van der Waals surface area contributed by atoms with Crippen LogP contribution in [0.15, 0.2) is 124 Å². The fourth-order valence-electron chi connectivity index (χ4n) is 12.2. The van der Waals surface area contributed by atoms with Crippen LogP contribution in [-0.2, 0) is 65.9 Å². The Morgan fingerprint density at radius 3 is 1.68 bits per heavy atom. The number of H-pyrrole nitrogens is 1. The molecule has 9 rings (SSSR count). The van der Waals surface area contributed by atoms with Crippen molar-refractivity contribution in [3.63, 3.8) is 0 Å². The first-order valence-corrected chi connectivity index (χ1v) is 46.8. The molecule has 0 aliphatic carbocycles. The second-order valence-electron chi connectivity index (χ2n) is 31.8. The van der Waals surface area contributed by atoms with Gasteiger partial charge in [0, 0.05) is 133 Å². The smallest absolute Gasteiger partial charge is 0.475 e. The van der Waals surface area contributed by atoms with Crippen molar-refractivity contribution in [2.45, 2.75) is 180 Å². The number of hydrogen-bond acceptors (Lipinski definition) is 22. The number of carbonyl (C=O) groups excluding carboxylic acids is 4. The van der Waals surface area contributed by atoms with Crippen LogP contribution in [0.2, 0.25) is 36.3 Å². The molecule has 690 valence electrons. The number of anilines is 1. The molecule has 3 unspecified atom stereocenters. The van der Waals surface area contributed by atoms with Gasteiger partial charge in [-0.2, -0.15) is 9.55 Å². The summed E-state index contributed by atoms with van der Waals surface area (Å²) in [6.45, 7) is 32.9. The minimum absolute atomic E-state index is 0. The number of imidazole rings is 1. The SMILES string of the molecule is [C-]#[N+]CCOP(=O)(OC[C@H]1O[C@@H](n2ccc(=O)n(C(=O)c3cc(C)c(C)c(OC#CC#CC#CC#CC#CC#CC#CC#CC#CC#CC#C)c3)c2=O)C(O[Si](C)(C)C(C)(C)C)[C@H]1OC(=O)CCC(C)=O)O[C@@H]1C(O[Si](C)(C)C(C)(C)C)[C@H](n2cnc3c(=O)[nH]c(NC(=O)C(C)C)nc32)O[C@@H]1COC(c1ccccc1)(c1ccc(OC)cc1)c1ccc(OC)cc1.[HH].[HH].[HH].[HH].[HH].[HH].[HH].[HH].[HH].[HH].[HH].[HH].[HH].[HH].[HH].[HH].[HH].[HH].[HH].[HH].[HH].[HH]. The van der Waals surface area contributed by atoms with Crippen molar-refractivity contribution in [1.29, 1.82) is 0 Å². The zero-order valence-electron chi connectivity index (χ0n) is 72.7. The van der Waals surface area contributed by atoms with Crippen LogP contribution in [0.3, 0.4) is 0 Å². The van der Waals surface area contributed by atoms with Crippen LogP contribution < -0.4 is 36.3 Å². The minimum Gasteiger partial charge on any atom is -0.497 e. The molecule has 5 heterocycles. The molecule has 0 radical (unpaired) electrons. The molecule has 7 aromatic rings. The van der Waals surface area contributed by atoms with E-state index in [4.69, 9.17) is 73.6 Å². The van der Waals surface area contributed by atoms with Crippen LogP contribution >= 0.6 is 7.82 Å². The number of esters is 1. The van der Waals surface area contributed by atoms with Gasteiger partial charge in [0.1, 0.15) is 71.9 Å². The number of amides is 1. The number of hydrogen-bond donors (Lipinski definition) is 2. The predicted molar refractivity (Wildman–Crippen MR) is 522 cm³/mol. The standard InChI is InChI=1S/C95H93N8O20PSi2.22H2/c1-20-21-22-23-24-25-26-27-28-29-30-31-32-33-34-35-36-37-38-42-58-114-75-61-69(60-66(4)68(75)6)88(109)103-78(105)55-57-101(92(103)110)89-83(122-125(16,17)93(7,8)9)81(120-79(106)54-45-67(5)104)77(119-89)63-117-124(111,116-59-56-96-13)121-82-76(62-115-95(70-43-40-39-41-44-70,71-46-50-73(112-14)51-47-71)72-48-52-74(113-15)53-49-72)118-90(84(82)123-126(18,19)94(10,11)12)102-64-97-80-85(102)98-91(100-87(80)108)99-86(107)65(2)3;;;;;;;;;;;;;;;;;;;;;;/h1,39-41,43-44,46-53,55,57,60-61,64-65,76-77,81-84,89-90H,45,54,56,59,62-63H2,2-12,14-19H3,(H2,98,99,100,107,108);22*1H/t76-,77-,81+,82+,83?,84?,89-,90-,124?;;;;;;;;;;;;;;;;;;;;;;/m1....................../s1. The second kappa shape index (κ2) is 43.3. The summed E-state index contributed by atoms with van der Waals surface area (Å²) in [6.07, 6.45) is -3.42. The largest absolute Gasteiger partial charge is 0.497 e. The normalized spacial score (nSPS) is 17.3. The highest BCUT2D eigenvalue weighted by Crippen LogP contribution is 2.56. The van der Waals surface area contributed by atoms with E-state index in [1.54, 1.807) is 66.2 Å². The van der Waals surface area contributed by atoms with Crippen molar-refractivity contribution >= 4 is 65.1 Å². The number of ketones is 1. The third-order valence-electron chi connectivity index (χ3n) is 21.0. The number of aromatic nitrogens is 6. The average molecular weight is 1800 g/mol. The van der Waals surface area contributed by atoms with Crippen molar-refractivity contribution in [1.82, 2.24) is 28.7 Å². The zero-order valence-corrected chi connectivity index (χ0v) is 75.6. The van der Waals surface area contributed by atoms with Crippen LogP contribution in [0.1, 0.15) is 157 Å². The quantitative estimate of drug-likeness (QED) is 0.00803. The molecule has 2 aliphatic rings. The molecular formula is C95H137N8O20PSi2. The van der Waals surface area contributed by atoms with Crippen LogP contribution in [0.4, 0.5) is 5.95 Å². The van der Waals surface area contributed by atoms with E-state index in [0.29, 0.717) is 43.9 Å². The lowest BCUT2D eigenvalue weighted by Gasteiger charge is -2.41. The molecule has 0 saturated carbocycles. The van der Waals surface area contributed by atoms with Crippen molar-refractivity contribution in [2.24, 2.45) is 5.92 Å². The number of carbonyl (C=O) groups is 4. The van der Waals surface area contributed by atoms with Crippen molar-refractivity contribution < 1.29 is 111 Å². The molecule has 2 aliphatic heterocycles. The Balaban J connectivity index is -0.000000680. The number of aryl methyl sites for hydroxylation is 1. The third-order valence-corrected chi connectivity index (χ3v) is 31.4. The summed E-state index contributed by atoms with van der Waals surface area (Å²) in [5.74, 6) is 46.8. The highest BCUT2D eigenvalue weighted by Gasteiger charge is 2.58. The van der Waals surface area contributed by atoms with Crippen molar-refractivity contribution in [3.8, 4) is 148 Å². The third kappa shape index (κ3) is 24.3. The van der Waals surface area contributed by atoms with E-state index < -0.39 is 163 Å². The number of nitrogens with zero attached hydrogens (tertiary/aromatic N) is 6. The van der Waals surface area contributed by atoms with Gasteiger partial charge in [-0.3, -0.25) is 57.0 Å². The van der Waals surface area contributed by atoms with Gasteiger partial charge in [0.05, 0.1) is 40.2 Å². The zero-order chi connectivity index (χ0) is 91.7. The van der Waals surface area contributed by atoms with Gasteiger partial charge in [-0.05, 0) is 169 Å². The molecule has 0 bridgehead atoms. The molecule has 4 aromatic carbocycles. The highest BCUT2D eigenvalue weighted by molar-refractivity contribution is 7.48. The number of aromatic amines is 1. The fourth-order valence-corrected chi connectivity index (χ4v) is 16.2. The molecule has 2 fully saturated rings. The number of benzene rings is 4. The Morgan fingerprint density at radius 1 is 0.667 bits per heavy atom. The average Bonchev–Trinajstić information content (AvgIpc) is 1.37. The van der Waals surface area contributed by atoms with E-state index in [1.807, 2.05) is 122 Å². The number of phosphoric ester groups is 1. The monoisotopic (exact) mass is 1800 g/mol. The van der Waals surface area contributed by atoms with E-state index in [0.717, 1.165) is 16.8 Å². The summed E-state index contributed by atoms with van der Waals surface area (Å²) in [5.41, 5.74) is -2.21. The maximum atomic E-state index is 16.8. The van der Waals surface area contributed by atoms with E-state index in [9.17, 15) is 24.0 Å². The molecule has 2 saturated heterocycles. The van der Waals surface area contributed by atoms with Gasteiger partial charge in [-0.15, -0.1) is 6.42 Å². The first kappa shape index (κ1) is 96.4. The molecule has 3 aromatic heterocycles. The Morgan fingerprint density at radius 2 is 1.17 bits per heavy atom. The second-order valence-corrected chi connectivity index (χ2v) is 43.0. The molecule has 2 N–H and O–H groups in total. The predicted octanol–water partition coefficient (Wildman–Crippen LogP) is 16.8. The Kier molecular flexibility index (Phi) is 33.1.